The molecule has 2 aromatic rings. The van der Waals surface area contributed by atoms with Crippen molar-refractivity contribution in [2.24, 2.45) is 7.05 Å². The van der Waals surface area contributed by atoms with Crippen LogP contribution < -0.4 is 10.6 Å². The van der Waals surface area contributed by atoms with Crippen molar-refractivity contribution in [2.45, 2.75) is 6.42 Å². The van der Waals surface area contributed by atoms with Gasteiger partial charge in [0, 0.05) is 5.69 Å². The number of urea groups is 1. The number of carbonyl (C=O) groups is 2. The Kier molecular flexibility index (Phi) is 3.89. The van der Waals surface area contributed by atoms with Crippen molar-refractivity contribution in [1.29, 1.82) is 0 Å². The van der Waals surface area contributed by atoms with E-state index in [1.165, 1.54) is 4.80 Å². The minimum atomic E-state index is -0.905. The highest BCUT2D eigenvalue weighted by Crippen LogP contribution is 2.10. The molecule has 0 fully saturated rings. The van der Waals surface area contributed by atoms with Gasteiger partial charge in [-0.2, -0.15) is 4.80 Å². The highest BCUT2D eigenvalue weighted by Gasteiger charge is 2.07. The van der Waals surface area contributed by atoms with Crippen LogP contribution in [0.15, 0.2) is 24.3 Å². The number of hydrogen-bond donors (Lipinski definition) is 3. The molecule has 2 rings (SSSR count). The van der Waals surface area contributed by atoms with Crippen LogP contribution in [-0.4, -0.2) is 37.3 Å². The average molecular weight is 276 g/mol. The number of carbonyl (C=O) groups excluding carboxylic acids is 1. The summed E-state index contributed by atoms with van der Waals surface area (Å²) < 4.78 is 0. The lowest BCUT2D eigenvalue weighted by molar-refractivity contribution is -0.136. The number of hydrogen-bond acceptors (Lipinski definition) is 5. The number of carboxylic acids is 1. The number of aryl methyl sites for hydroxylation is 1. The molecule has 9 nitrogen and oxygen atoms in total. The van der Waals surface area contributed by atoms with Crippen molar-refractivity contribution in [3.05, 3.63) is 29.8 Å². The van der Waals surface area contributed by atoms with E-state index in [9.17, 15) is 9.59 Å². The predicted octanol–water partition coefficient (Wildman–Crippen LogP) is 0.481. The maximum Gasteiger partial charge on any atom is 0.326 e. The van der Waals surface area contributed by atoms with Gasteiger partial charge in [-0.1, -0.05) is 17.2 Å². The molecule has 0 saturated carbocycles. The first-order valence-electron chi connectivity index (χ1n) is 5.65. The van der Waals surface area contributed by atoms with Gasteiger partial charge in [0.2, 0.25) is 0 Å². The van der Waals surface area contributed by atoms with Gasteiger partial charge in [-0.25, -0.2) is 4.79 Å². The number of benzene rings is 1. The quantitative estimate of drug-likeness (QED) is 0.746. The van der Waals surface area contributed by atoms with E-state index in [0.29, 0.717) is 11.3 Å². The van der Waals surface area contributed by atoms with Crippen molar-refractivity contribution in [3.8, 4) is 0 Å². The number of nitrogens with zero attached hydrogens (tertiary/aromatic N) is 4. The lowest BCUT2D eigenvalue weighted by Crippen LogP contribution is -2.20. The molecular weight excluding hydrogens is 264 g/mol. The van der Waals surface area contributed by atoms with E-state index in [1.54, 1.807) is 31.3 Å². The number of aliphatic carboxylic acids is 1. The molecule has 1 aromatic heterocycles. The molecule has 2 amide bonds. The number of carboxylic acid groups (broad SMARTS) is 1. The third-order valence-corrected chi connectivity index (χ3v) is 2.30. The monoisotopic (exact) mass is 276 g/mol. The first-order chi connectivity index (χ1) is 9.52. The molecule has 0 aliphatic rings. The Morgan fingerprint density at radius 3 is 2.50 bits per heavy atom. The first kappa shape index (κ1) is 13.5. The molecule has 104 valence electrons. The molecule has 0 saturated heterocycles. The Morgan fingerprint density at radius 2 is 1.95 bits per heavy atom. The topological polar surface area (TPSA) is 122 Å². The van der Waals surface area contributed by atoms with Gasteiger partial charge in [0.15, 0.2) is 0 Å². The normalized spacial score (nSPS) is 10.1. The highest BCUT2D eigenvalue weighted by molar-refractivity contribution is 5.98. The van der Waals surface area contributed by atoms with Crippen LogP contribution in [0.2, 0.25) is 0 Å². The van der Waals surface area contributed by atoms with E-state index in [4.69, 9.17) is 5.11 Å². The first-order valence-corrected chi connectivity index (χ1v) is 5.65. The van der Waals surface area contributed by atoms with Gasteiger partial charge in [-0.05, 0) is 22.9 Å². The molecule has 0 atom stereocenters. The summed E-state index contributed by atoms with van der Waals surface area (Å²) in [5.74, 6) is -0.815. The predicted molar refractivity (Wildman–Crippen MR) is 69.2 cm³/mol. The number of nitrogens with one attached hydrogen (secondary N) is 2. The van der Waals surface area contributed by atoms with Gasteiger partial charge in [0.1, 0.15) is 0 Å². The molecular formula is C11H12N6O3. The second-order valence-electron chi connectivity index (χ2n) is 3.95. The fourth-order valence-corrected chi connectivity index (χ4v) is 1.48. The highest BCUT2D eigenvalue weighted by atomic mass is 16.4. The Bertz CT molecular complexity index is 621. The minimum Gasteiger partial charge on any atom is -0.481 e. The molecule has 0 unspecified atom stereocenters. The Balaban J connectivity index is 1.92. The summed E-state index contributed by atoms with van der Waals surface area (Å²) in [6, 6.07) is 5.97. The third kappa shape index (κ3) is 3.77. The van der Waals surface area contributed by atoms with E-state index in [-0.39, 0.29) is 12.4 Å². The third-order valence-electron chi connectivity index (χ3n) is 2.30. The number of tetrazole rings is 1. The minimum absolute atomic E-state index is 0.0595. The molecule has 0 spiro atoms. The number of anilines is 2. The van der Waals surface area contributed by atoms with Crippen molar-refractivity contribution in [1.82, 2.24) is 20.2 Å². The molecule has 20 heavy (non-hydrogen) atoms. The SMILES string of the molecule is Cn1nnc(NC(=O)Nc2ccc(CC(=O)O)cc2)n1. The van der Waals surface area contributed by atoms with Gasteiger partial charge in [0.25, 0.3) is 5.95 Å². The van der Waals surface area contributed by atoms with Crippen molar-refractivity contribution >= 4 is 23.6 Å². The van der Waals surface area contributed by atoms with Crippen LogP contribution >= 0.6 is 0 Å². The standard InChI is InChI=1S/C11H12N6O3/c1-17-15-10(14-16-17)13-11(20)12-8-4-2-7(3-5-8)6-9(18)19/h2-5H,6H2,1H3,(H,18,19)(H2,12,13,15,20). The summed E-state index contributed by atoms with van der Waals surface area (Å²) in [6.07, 6.45) is -0.0595. The van der Waals surface area contributed by atoms with E-state index in [1.807, 2.05) is 0 Å². The molecule has 3 N–H and O–H groups in total. The van der Waals surface area contributed by atoms with Gasteiger partial charge in [-0.15, -0.1) is 5.10 Å². The maximum absolute atomic E-state index is 11.6. The average Bonchev–Trinajstić information content (AvgIpc) is 2.76. The van der Waals surface area contributed by atoms with Gasteiger partial charge < -0.3 is 10.4 Å². The van der Waals surface area contributed by atoms with Crippen molar-refractivity contribution in [3.63, 3.8) is 0 Å². The van der Waals surface area contributed by atoms with Crippen LogP contribution in [0.4, 0.5) is 16.4 Å². The van der Waals surface area contributed by atoms with E-state index < -0.39 is 12.0 Å². The lowest BCUT2D eigenvalue weighted by atomic mass is 10.1. The van der Waals surface area contributed by atoms with Gasteiger partial charge >= 0.3 is 12.0 Å². The van der Waals surface area contributed by atoms with Crippen LogP contribution in [0, 0.1) is 0 Å². The van der Waals surface area contributed by atoms with Crippen LogP contribution in [0.5, 0.6) is 0 Å². The van der Waals surface area contributed by atoms with E-state index >= 15 is 0 Å². The summed E-state index contributed by atoms with van der Waals surface area (Å²) in [4.78, 5) is 23.4. The molecule has 1 heterocycles. The second-order valence-corrected chi connectivity index (χ2v) is 3.95. The largest absolute Gasteiger partial charge is 0.481 e. The smallest absolute Gasteiger partial charge is 0.326 e. The summed E-state index contributed by atoms with van der Waals surface area (Å²) in [7, 11) is 1.58. The van der Waals surface area contributed by atoms with Gasteiger partial charge in [0.05, 0.1) is 13.5 Å². The zero-order valence-corrected chi connectivity index (χ0v) is 10.6. The molecule has 0 aliphatic carbocycles. The Hall–Kier alpha value is -2.97. The van der Waals surface area contributed by atoms with Crippen LogP contribution in [0.25, 0.3) is 0 Å². The number of rotatable bonds is 4. The fraction of sp³-hybridized carbons (Fsp3) is 0.182. The summed E-state index contributed by atoms with van der Waals surface area (Å²) in [5.41, 5.74) is 1.18. The van der Waals surface area contributed by atoms with Crippen LogP contribution in [0.3, 0.4) is 0 Å². The van der Waals surface area contributed by atoms with E-state index in [0.717, 1.165) is 0 Å². The van der Waals surface area contributed by atoms with Crippen LogP contribution in [0.1, 0.15) is 5.56 Å². The molecule has 9 heteroatoms. The molecule has 0 aliphatic heterocycles. The van der Waals surface area contributed by atoms with Crippen molar-refractivity contribution < 1.29 is 14.7 Å². The summed E-state index contributed by atoms with van der Waals surface area (Å²) in [6.45, 7) is 0. The number of aromatic nitrogens is 4. The Labute approximate surface area is 113 Å². The molecule has 0 bridgehead atoms. The fourth-order valence-electron chi connectivity index (χ4n) is 1.48. The van der Waals surface area contributed by atoms with E-state index in [2.05, 4.69) is 26.0 Å². The zero-order valence-electron chi connectivity index (χ0n) is 10.6. The summed E-state index contributed by atoms with van der Waals surface area (Å²) in [5, 5.41) is 24.6. The second kappa shape index (κ2) is 5.78. The molecule has 0 radical (unpaired) electrons. The van der Waals surface area contributed by atoms with Gasteiger partial charge in [-0.3, -0.25) is 10.1 Å². The molecule has 1 aromatic carbocycles. The Morgan fingerprint density at radius 1 is 1.25 bits per heavy atom. The summed E-state index contributed by atoms with van der Waals surface area (Å²) >= 11 is 0. The number of amides is 2. The maximum atomic E-state index is 11.6. The van der Waals surface area contributed by atoms with Crippen LogP contribution in [-0.2, 0) is 18.3 Å². The lowest BCUT2D eigenvalue weighted by Gasteiger charge is -2.05. The zero-order chi connectivity index (χ0) is 14.5. The van der Waals surface area contributed by atoms with Crippen molar-refractivity contribution in [2.75, 3.05) is 10.6 Å².